The van der Waals surface area contributed by atoms with Gasteiger partial charge in [-0.15, -0.1) is 0 Å². The fourth-order valence-electron chi connectivity index (χ4n) is 4.54. The van der Waals surface area contributed by atoms with Crippen LogP contribution in [0.1, 0.15) is 66.2 Å². The van der Waals surface area contributed by atoms with E-state index in [2.05, 4.69) is 32.6 Å². The monoisotopic (exact) mass is 295 g/mol. The van der Waals surface area contributed by atoms with E-state index < -0.39 is 11.4 Å². The molecule has 2 rings (SSSR count). The van der Waals surface area contributed by atoms with Crippen LogP contribution in [0.4, 0.5) is 0 Å². The van der Waals surface area contributed by atoms with Crippen LogP contribution in [0.5, 0.6) is 0 Å². The number of carboxylic acid groups (broad SMARTS) is 1. The highest BCUT2D eigenvalue weighted by Crippen LogP contribution is 2.41. The molecule has 1 aliphatic heterocycles. The highest BCUT2D eigenvalue weighted by molar-refractivity contribution is 5.75. The maximum Gasteiger partial charge on any atom is 0.311 e. The second kappa shape index (κ2) is 6.68. The van der Waals surface area contributed by atoms with Crippen LogP contribution in [-0.4, -0.2) is 35.1 Å². The van der Waals surface area contributed by atoms with Crippen LogP contribution in [0.3, 0.4) is 0 Å². The topological polar surface area (TPSA) is 40.5 Å². The fourth-order valence-corrected chi connectivity index (χ4v) is 4.54. The molecule has 3 heteroatoms. The summed E-state index contributed by atoms with van der Waals surface area (Å²) in [4.78, 5) is 14.3. The Morgan fingerprint density at radius 1 is 1.29 bits per heavy atom. The molecule has 0 aromatic heterocycles. The Labute approximate surface area is 130 Å². The van der Waals surface area contributed by atoms with Gasteiger partial charge in [0.05, 0.1) is 5.41 Å². The van der Waals surface area contributed by atoms with E-state index in [9.17, 15) is 9.90 Å². The minimum absolute atomic E-state index is 0.218. The van der Waals surface area contributed by atoms with Crippen LogP contribution in [0.2, 0.25) is 0 Å². The van der Waals surface area contributed by atoms with E-state index in [4.69, 9.17) is 0 Å². The van der Waals surface area contributed by atoms with E-state index in [1.54, 1.807) is 0 Å². The number of hydrogen-bond acceptors (Lipinski definition) is 2. The van der Waals surface area contributed by atoms with Gasteiger partial charge < -0.3 is 5.11 Å². The summed E-state index contributed by atoms with van der Waals surface area (Å²) in [5, 5.41) is 9.69. The highest BCUT2D eigenvalue weighted by atomic mass is 16.4. The average molecular weight is 295 g/mol. The molecule has 1 saturated heterocycles. The molecule has 0 amide bonds. The van der Waals surface area contributed by atoms with Crippen LogP contribution in [-0.2, 0) is 4.79 Å². The Balaban J connectivity index is 1.98. The van der Waals surface area contributed by atoms with Crippen molar-refractivity contribution < 1.29 is 9.90 Å². The summed E-state index contributed by atoms with van der Waals surface area (Å²) < 4.78 is 0. The average Bonchev–Trinajstić information content (AvgIpc) is 2.84. The Hall–Kier alpha value is -0.570. The lowest BCUT2D eigenvalue weighted by molar-refractivity contribution is -0.151. The summed E-state index contributed by atoms with van der Waals surface area (Å²) >= 11 is 0. The molecule has 1 aliphatic carbocycles. The summed E-state index contributed by atoms with van der Waals surface area (Å²) in [6, 6.07) is 0.627. The zero-order valence-electron chi connectivity index (χ0n) is 14.3. The van der Waals surface area contributed by atoms with Crippen molar-refractivity contribution in [2.75, 3.05) is 13.1 Å². The van der Waals surface area contributed by atoms with Gasteiger partial charge in [0.1, 0.15) is 0 Å². The van der Waals surface area contributed by atoms with Crippen LogP contribution in [0.15, 0.2) is 0 Å². The normalized spacial score (nSPS) is 34.8. The van der Waals surface area contributed by atoms with Crippen molar-refractivity contribution in [1.82, 2.24) is 4.90 Å². The van der Waals surface area contributed by atoms with Crippen molar-refractivity contribution in [2.45, 2.75) is 72.3 Å². The predicted octanol–water partition coefficient (Wildman–Crippen LogP) is 4.02. The third kappa shape index (κ3) is 3.61. The van der Waals surface area contributed by atoms with Crippen molar-refractivity contribution in [1.29, 1.82) is 0 Å². The number of rotatable bonds is 5. The number of aliphatic carboxylic acids is 1. The van der Waals surface area contributed by atoms with Gasteiger partial charge in [-0.3, -0.25) is 9.69 Å². The van der Waals surface area contributed by atoms with Crippen molar-refractivity contribution in [2.24, 2.45) is 23.2 Å². The molecular weight excluding hydrogens is 262 g/mol. The highest BCUT2D eigenvalue weighted by Gasteiger charge is 2.48. The zero-order valence-corrected chi connectivity index (χ0v) is 14.3. The molecule has 3 atom stereocenters. The van der Waals surface area contributed by atoms with Gasteiger partial charge in [0.15, 0.2) is 0 Å². The molecule has 3 nitrogen and oxygen atoms in total. The number of hydrogen-bond donors (Lipinski definition) is 1. The van der Waals surface area contributed by atoms with E-state index in [1.165, 1.54) is 32.1 Å². The molecule has 21 heavy (non-hydrogen) atoms. The summed E-state index contributed by atoms with van der Waals surface area (Å²) in [6.45, 7) is 10.5. The maximum atomic E-state index is 11.8. The Bertz CT molecular complexity index is 366. The number of carbonyl (C=O) groups is 1. The first kappa shape index (κ1) is 16.8. The van der Waals surface area contributed by atoms with E-state index in [-0.39, 0.29) is 5.92 Å². The van der Waals surface area contributed by atoms with Crippen LogP contribution >= 0.6 is 0 Å². The third-order valence-electron chi connectivity index (χ3n) is 5.94. The summed E-state index contributed by atoms with van der Waals surface area (Å²) in [5.74, 6) is 1.26. The maximum absolute atomic E-state index is 11.8. The lowest BCUT2D eigenvalue weighted by Crippen LogP contribution is -2.43. The molecule has 2 aliphatic rings. The van der Waals surface area contributed by atoms with Crippen molar-refractivity contribution in [3.8, 4) is 0 Å². The van der Waals surface area contributed by atoms with E-state index in [0.29, 0.717) is 6.04 Å². The van der Waals surface area contributed by atoms with Gasteiger partial charge >= 0.3 is 5.97 Å². The van der Waals surface area contributed by atoms with Gasteiger partial charge in [-0.2, -0.15) is 0 Å². The Kier molecular flexibility index (Phi) is 5.34. The number of carboxylic acids is 1. The Morgan fingerprint density at radius 2 is 2.00 bits per heavy atom. The van der Waals surface area contributed by atoms with Gasteiger partial charge in [-0.1, -0.05) is 40.5 Å². The van der Waals surface area contributed by atoms with Crippen LogP contribution < -0.4 is 0 Å². The summed E-state index contributed by atoms with van der Waals surface area (Å²) in [7, 11) is 0. The third-order valence-corrected chi connectivity index (χ3v) is 5.94. The molecule has 0 spiro atoms. The van der Waals surface area contributed by atoms with Crippen molar-refractivity contribution >= 4 is 5.97 Å². The van der Waals surface area contributed by atoms with Gasteiger partial charge in [0, 0.05) is 12.6 Å². The first-order valence-corrected chi connectivity index (χ1v) is 8.82. The molecular formula is C18H33NO2. The van der Waals surface area contributed by atoms with E-state index in [0.717, 1.165) is 31.3 Å². The lowest BCUT2D eigenvalue weighted by atomic mass is 9.76. The zero-order chi connectivity index (χ0) is 15.6. The largest absolute Gasteiger partial charge is 0.481 e. The number of likely N-dealkylation sites (tertiary alicyclic amines) is 1. The van der Waals surface area contributed by atoms with E-state index in [1.807, 2.05) is 0 Å². The van der Waals surface area contributed by atoms with Crippen molar-refractivity contribution in [3.05, 3.63) is 0 Å². The molecule has 0 aromatic rings. The van der Waals surface area contributed by atoms with Gasteiger partial charge in [0.2, 0.25) is 0 Å². The van der Waals surface area contributed by atoms with Crippen LogP contribution in [0.25, 0.3) is 0 Å². The van der Waals surface area contributed by atoms with Crippen LogP contribution in [0, 0.1) is 23.2 Å². The Morgan fingerprint density at radius 3 is 2.52 bits per heavy atom. The molecule has 3 unspecified atom stereocenters. The fraction of sp³-hybridized carbons (Fsp3) is 0.944. The quantitative estimate of drug-likeness (QED) is 0.832. The van der Waals surface area contributed by atoms with Gasteiger partial charge in [0.25, 0.3) is 0 Å². The molecule has 2 fully saturated rings. The molecule has 122 valence electrons. The number of nitrogens with zero attached hydrogens (tertiary/aromatic N) is 1. The summed E-state index contributed by atoms with van der Waals surface area (Å²) in [5.41, 5.74) is -0.509. The molecule has 1 N–H and O–H groups in total. The van der Waals surface area contributed by atoms with E-state index >= 15 is 0 Å². The standard InChI is InChI=1S/C18H33NO2/c1-13(2)10-15-6-5-7-16(11-15)19-9-8-18(12-19,14(3)4)17(20)21/h13-16H,5-12H2,1-4H3,(H,20,21). The SMILES string of the molecule is CC(C)CC1CCCC(N2CCC(C(=O)O)(C(C)C)C2)C1. The predicted molar refractivity (Wildman–Crippen MR) is 86.3 cm³/mol. The smallest absolute Gasteiger partial charge is 0.311 e. The minimum atomic E-state index is -0.588. The second-order valence-electron chi connectivity index (χ2n) is 8.15. The molecule has 0 aromatic carbocycles. The molecule has 1 heterocycles. The minimum Gasteiger partial charge on any atom is -0.481 e. The second-order valence-corrected chi connectivity index (χ2v) is 8.15. The van der Waals surface area contributed by atoms with Gasteiger partial charge in [-0.05, 0) is 50.0 Å². The molecule has 0 bridgehead atoms. The first-order chi connectivity index (χ1) is 9.85. The molecule has 0 radical (unpaired) electrons. The first-order valence-electron chi connectivity index (χ1n) is 8.82. The lowest BCUT2D eigenvalue weighted by Gasteiger charge is -2.37. The van der Waals surface area contributed by atoms with Crippen molar-refractivity contribution in [3.63, 3.8) is 0 Å². The van der Waals surface area contributed by atoms with Gasteiger partial charge in [-0.25, -0.2) is 0 Å². The molecule has 1 saturated carbocycles. The summed E-state index contributed by atoms with van der Waals surface area (Å²) in [6.07, 6.45) is 7.40.